The maximum absolute atomic E-state index is 4.17. The maximum Gasteiger partial charge on any atom is 0.123 e. The first-order chi connectivity index (χ1) is 2.81. The SMILES string of the molecule is C[B][C@@H](S)CC. The van der Waals surface area contributed by atoms with Gasteiger partial charge >= 0.3 is 0 Å². The molecule has 0 fully saturated rings. The molecule has 0 heterocycles. The summed E-state index contributed by atoms with van der Waals surface area (Å²) in [4.78, 5) is 0. The van der Waals surface area contributed by atoms with Gasteiger partial charge in [-0.1, -0.05) is 20.2 Å². The van der Waals surface area contributed by atoms with Crippen LogP contribution < -0.4 is 0 Å². The van der Waals surface area contributed by atoms with E-state index in [1.807, 2.05) is 6.82 Å². The summed E-state index contributed by atoms with van der Waals surface area (Å²) in [6, 6.07) is 0. The molecule has 1 atom stereocenters. The molecule has 1 radical (unpaired) electrons. The summed E-state index contributed by atoms with van der Waals surface area (Å²) < 4.78 is 0. The van der Waals surface area contributed by atoms with Crippen molar-refractivity contribution in [3.05, 3.63) is 0 Å². The van der Waals surface area contributed by atoms with E-state index in [4.69, 9.17) is 0 Å². The summed E-state index contributed by atoms with van der Waals surface area (Å²) >= 11 is 4.17. The monoisotopic (exact) mass is 101 g/mol. The molecular weight excluding hydrogens is 90.9 g/mol. The summed E-state index contributed by atoms with van der Waals surface area (Å²) in [5, 5.41) is 0.505. The van der Waals surface area contributed by atoms with Crippen LogP contribution in [0.25, 0.3) is 0 Å². The Bertz CT molecular complexity index is 26.7. The summed E-state index contributed by atoms with van der Waals surface area (Å²) in [6.45, 7) is 4.15. The molecule has 6 heavy (non-hydrogen) atoms. The van der Waals surface area contributed by atoms with E-state index in [1.54, 1.807) is 0 Å². The molecule has 0 saturated heterocycles. The van der Waals surface area contributed by atoms with Crippen LogP contribution in [0.2, 0.25) is 6.82 Å². The fraction of sp³-hybridized carbons (Fsp3) is 1.00. The Kier molecular flexibility index (Phi) is 3.85. The van der Waals surface area contributed by atoms with Crippen LogP contribution in [0.1, 0.15) is 13.3 Å². The summed E-state index contributed by atoms with van der Waals surface area (Å²) in [6.07, 6.45) is 1.14. The molecule has 0 saturated carbocycles. The highest BCUT2D eigenvalue weighted by molar-refractivity contribution is 7.82. The van der Waals surface area contributed by atoms with Crippen LogP contribution in [-0.4, -0.2) is 12.4 Å². The second-order valence-electron chi connectivity index (χ2n) is 1.31. The van der Waals surface area contributed by atoms with Gasteiger partial charge in [0.2, 0.25) is 0 Å². The highest BCUT2D eigenvalue weighted by atomic mass is 32.1. The van der Waals surface area contributed by atoms with E-state index in [0.717, 1.165) is 6.42 Å². The predicted octanol–water partition coefficient (Wildman–Crippen LogP) is 1.40. The summed E-state index contributed by atoms with van der Waals surface area (Å²) in [5.74, 6) is 0. The second-order valence-corrected chi connectivity index (χ2v) is 1.97. The minimum atomic E-state index is 0.505. The largest absolute Gasteiger partial charge is 0.185 e. The van der Waals surface area contributed by atoms with Gasteiger partial charge in [0.25, 0.3) is 0 Å². The van der Waals surface area contributed by atoms with E-state index < -0.39 is 0 Å². The first kappa shape index (κ1) is 6.41. The molecule has 0 aliphatic carbocycles. The lowest BCUT2D eigenvalue weighted by molar-refractivity contribution is 1.04. The van der Waals surface area contributed by atoms with Crippen molar-refractivity contribution in [3.63, 3.8) is 0 Å². The average Bonchev–Trinajstić information content (AvgIpc) is 1.65. The van der Waals surface area contributed by atoms with Crippen molar-refractivity contribution in [2.24, 2.45) is 0 Å². The van der Waals surface area contributed by atoms with Crippen LogP contribution >= 0.6 is 12.6 Å². The fourth-order valence-corrected chi connectivity index (χ4v) is 0.236. The lowest BCUT2D eigenvalue weighted by atomic mass is 9.76. The van der Waals surface area contributed by atoms with Gasteiger partial charge in [0, 0.05) is 0 Å². The molecule has 0 aliphatic heterocycles. The molecule has 0 aromatic rings. The third kappa shape index (κ3) is 2.64. The van der Waals surface area contributed by atoms with E-state index in [2.05, 4.69) is 26.8 Å². The second kappa shape index (κ2) is 3.60. The number of thiol groups is 1. The van der Waals surface area contributed by atoms with Gasteiger partial charge in [-0.3, -0.25) is 0 Å². The van der Waals surface area contributed by atoms with Gasteiger partial charge in [-0.15, -0.1) is 0 Å². The topological polar surface area (TPSA) is 0 Å². The van der Waals surface area contributed by atoms with Crippen molar-refractivity contribution in [1.82, 2.24) is 0 Å². The van der Waals surface area contributed by atoms with Gasteiger partial charge in [0.1, 0.15) is 7.28 Å². The number of hydrogen-bond acceptors (Lipinski definition) is 1. The first-order valence-corrected chi connectivity index (χ1v) is 2.80. The fourth-order valence-electron chi connectivity index (χ4n) is 0.236. The number of hydrogen-bond donors (Lipinski definition) is 1. The molecule has 0 spiro atoms. The molecule has 2 heteroatoms. The highest BCUT2D eigenvalue weighted by Crippen LogP contribution is 1.95. The van der Waals surface area contributed by atoms with Crippen LogP contribution in [-0.2, 0) is 0 Å². The molecule has 0 aromatic heterocycles. The summed E-state index contributed by atoms with van der Waals surface area (Å²) in [7, 11) is 2.09. The van der Waals surface area contributed by atoms with Crippen LogP contribution in [0.5, 0.6) is 0 Å². The van der Waals surface area contributed by atoms with Gasteiger partial charge in [-0.2, -0.15) is 12.6 Å². The van der Waals surface area contributed by atoms with Crippen molar-refractivity contribution in [2.45, 2.75) is 25.3 Å². The van der Waals surface area contributed by atoms with Crippen molar-refractivity contribution in [2.75, 3.05) is 0 Å². The molecule has 35 valence electrons. The van der Waals surface area contributed by atoms with Crippen molar-refractivity contribution in [1.29, 1.82) is 0 Å². The standard InChI is InChI=1S/C4H10BS/c1-3-4(6)5-2/h4,6H,3H2,1-2H3/t4-/m0/s1. The lowest BCUT2D eigenvalue weighted by Crippen LogP contribution is -2.01. The molecule has 0 nitrogen and oxygen atoms in total. The van der Waals surface area contributed by atoms with E-state index in [9.17, 15) is 0 Å². The zero-order valence-electron chi connectivity index (χ0n) is 4.31. The van der Waals surface area contributed by atoms with Gasteiger partial charge in [0.15, 0.2) is 0 Å². The highest BCUT2D eigenvalue weighted by Gasteiger charge is 1.91. The third-order valence-electron chi connectivity index (χ3n) is 0.803. The van der Waals surface area contributed by atoms with Crippen LogP contribution in [0.15, 0.2) is 0 Å². The lowest BCUT2D eigenvalue weighted by Gasteiger charge is -1.96. The van der Waals surface area contributed by atoms with Crippen LogP contribution in [0.3, 0.4) is 0 Å². The zero-order valence-corrected chi connectivity index (χ0v) is 5.20. The Balaban J connectivity index is 2.75. The quantitative estimate of drug-likeness (QED) is 0.394. The molecule has 0 aliphatic rings. The Labute approximate surface area is 46.0 Å². The van der Waals surface area contributed by atoms with E-state index in [1.165, 1.54) is 0 Å². The molecule has 0 bridgehead atoms. The van der Waals surface area contributed by atoms with E-state index >= 15 is 0 Å². The molecule has 0 N–H and O–H groups in total. The number of rotatable bonds is 2. The Morgan fingerprint density at radius 1 is 1.83 bits per heavy atom. The Hall–Kier alpha value is 0.415. The van der Waals surface area contributed by atoms with Crippen LogP contribution in [0.4, 0.5) is 0 Å². The van der Waals surface area contributed by atoms with Gasteiger partial charge < -0.3 is 0 Å². The molecule has 0 unspecified atom stereocenters. The minimum Gasteiger partial charge on any atom is -0.185 e. The third-order valence-corrected chi connectivity index (χ3v) is 1.47. The first-order valence-electron chi connectivity index (χ1n) is 2.28. The van der Waals surface area contributed by atoms with Crippen molar-refractivity contribution in [3.8, 4) is 0 Å². The summed E-state index contributed by atoms with van der Waals surface area (Å²) in [5.41, 5.74) is 0. The van der Waals surface area contributed by atoms with Crippen molar-refractivity contribution < 1.29 is 0 Å². The Morgan fingerprint density at radius 3 is 2.33 bits per heavy atom. The average molecular weight is 101 g/mol. The van der Waals surface area contributed by atoms with Crippen molar-refractivity contribution >= 4 is 19.9 Å². The minimum absolute atomic E-state index is 0.505. The van der Waals surface area contributed by atoms with Gasteiger partial charge in [0.05, 0.1) is 0 Å². The van der Waals surface area contributed by atoms with Crippen LogP contribution in [0, 0.1) is 0 Å². The molecule has 0 rings (SSSR count). The van der Waals surface area contributed by atoms with E-state index in [-0.39, 0.29) is 0 Å². The zero-order chi connectivity index (χ0) is 4.99. The predicted molar refractivity (Wildman–Crippen MR) is 34.7 cm³/mol. The normalized spacial score (nSPS) is 13.8. The molecule has 0 aromatic carbocycles. The molecular formula is C4H10BS. The van der Waals surface area contributed by atoms with Gasteiger partial charge in [-0.25, -0.2) is 0 Å². The van der Waals surface area contributed by atoms with Gasteiger partial charge in [-0.05, 0) is 5.15 Å². The van der Waals surface area contributed by atoms with E-state index in [0.29, 0.717) is 5.15 Å². The smallest absolute Gasteiger partial charge is 0.123 e. The maximum atomic E-state index is 4.17. The Morgan fingerprint density at radius 2 is 2.33 bits per heavy atom. The molecule has 0 amide bonds.